The molecule has 0 aliphatic heterocycles. The molecule has 0 saturated heterocycles. The van der Waals surface area contributed by atoms with E-state index in [0.29, 0.717) is 18.4 Å². The molecule has 0 unspecified atom stereocenters. The maximum absolute atomic E-state index is 11.1. The lowest BCUT2D eigenvalue weighted by molar-refractivity contribution is -0.140. The van der Waals surface area contributed by atoms with Gasteiger partial charge >= 0.3 is 5.97 Å². The van der Waals surface area contributed by atoms with Crippen molar-refractivity contribution in [1.29, 1.82) is 0 Å². The number of phenols is 1. The van der Waals surface area contributed by atoms with Crippen LogP contribution in [0.15, 0.2) is 18.2 Å². The van der Waals surface area contributed by atoms with E-state index in [0.717, 1.165) is 0 Å². The molecule has 2 rings (SSSR count). The quantitative estimate of drug-likeness (QED) is 0.790. The molecule has 0 spiro atoms. The van der Waals surface area contributed by atoms with Crippen LogP contribution >= 0.6 is 0 Å². The average Bonchev–Trinajstić information content (AvgIpc) is 2.98. The second-order valence-corrected chi connectivity index (χ2v) is 3.75. The summed E-state index contributed by atoms with van der Waals surface area (Å²) in [4.78, 5) is 11.1. The third-order valence-electron chi connectivity index (χ3n) is 2.87. The van der Waals surface area contributed by atoms with E-state index in [1.165, 1.54) is 13.2 Å². The monoisotopic (exact) mass is 208 g/mol. The SMILES string of the molecule is COc1c(O)cccc1C1(C(=O)O)CC1. The molecular formula is C11H12O4. The standard InChI is InChI=1S/C11H12O4/c1-15-9-7(3-2-4-8(9)12)11(5-6-11)10(13)14/h2-4,12H,5-6H2,1H3,(H,13,14). The molecule has 1 aliphatic rings. The Balaban J connectivity index is 2.53. The highest BCUT2D eigenvalue weighted by atomic mass is 16.5. The van der Waals surface area contributed by atoms with Gasteiger partial charge in [-0.3, -0.25) is 4.79 Å². The van der Waals surface area contributed by atoms with Gasteiger partial charge in [0.25, 0.3) is 0 Å². The fraction of sp³-hybridized carbons (Fsp3) is 0.364. The summed E-state index contributed by atoms with van der Waals surface area (Å²) in [6.07, 6.45) is 1.20. The van der Waals surface area contributed by atoms with Gasteiger partial charge in [0, 0.05) is 5.56 Å². The summed E-state index contributed by atoms with van der Waals surface area (Å²) in [7, 11) is 1.43. The number of carboxylic acids is 1. The average molecular weight is 208 g/mol. The van der Waals surface area contributed by atoms with Crippen LogP contribution in [0.5, 0.6) is 11.5 Å². The first-order valence-corrected chi connectivity index (χ1v) is 4.71. The predicted octanol–water partition coefficient (Wildman–Crippen LogP) is 1.52. The lowest BCUT2D eigenvalue weighted by Gasteiger charge is -2.15. The van der Waals surface area contributed by atoms with Gasteiger partial charge in [-0.25, -0.2) is 0 Å². The van der Waals surface area contributed by atoms with Crippen LogP contribution in [-0.2, 0) is 10.2 Å². The fourth-order valence-electron chi connectivity index (χ4n) is 1.84. The highest BCUT2D eigenvalue weighted by molar-refractivity contribution is 5.86. The molecule has 1 aliphatic carbocycles. The van der Waals surface area contributed by atoms with Gasteiger partial charge < -0.3 is 14.9 Å². The molecule has 1 saturated carbocycles. The highest BCUT2D eigenvalue weighted by Gasteiger charge is 2.53. The van der Waals surface area contributed by atoms with E-state index in [4.69, 9.17) is 9.84 Å². The van der Waals surface area contributed by atoms with E-state index in [1.54, 1.807) is 12.1 Å². The van der Waals surface area contributed by atoms with E-state index in [1.807, 2.05) is 0 Å². The summed E-state index contributed by atoms with van der Waals surface area (Å²) in [6.45, 7) is 0. The first-order chi connectivity index (χ1) is 7.12. The van der Waals surface area contributed by atoms with E-state index in [9.17, 15) is 9.90 Å². The number of para-hydroxylation sites is 1. The first kappa shape index (κ1) is 9.83. The molecule has 4 nitrogen and oxygen atoms in total. The molecular weight excluding hydrogens is 196 g/mol. The first-order valence-electron chi connectivity index (χ1n) is 4.71. The van der Waals surface area contributed by atoms with E-state index in [2.05, 4.69) is 0 Å². The lowest BCUT2D eigenvalue weighted by Crippen LogP contribution is -2.20. The summed E-state index contributed by atoms with van der Waals surface area (Å²) in [5, 5.41) is 18.7. The normalized spacial score (nSPS) is 17.1. The summed E-state index contributed by atoms with van der Waals surface area (Å²) >= 11 is 0. The number of rotatable bonds is 3. The number of aliphatic carboxylic acids is 1. The van der Waals surface area contributed by atoms with Gasteiger partial charge in [-0.05, 0) is 18.9 Å². The molecule has 0 amide bonds. The third kappa shape index (κ3) is 1.33. The van der Waals surface area contributed by atoms with Gasteiger partial charge in [0.05, 0.1) is 12.5 Å². The van der Waals surface area contributed by atoms with Crippen LogP contribution in [-0.4, -0.2) is 23.3 Å². The van der Waals surface area contributed by atoms with Crippen molar-refractivity contribution >= 4 is 5.97 Å². The van der Waals surface area contributed by atoms with Crippen molar-refractivity contribution in [3.8, 4) is 11.5 Å². The fourth-order valence-corrected chi connectivity index (χ4v) is 1.84. The van der Waals surface area contributed by atoms with E-state index in [-0.39, 0.29) is 11.5 Å². The molecule has 1 fully saturated rings. The van der Waals surface area contributed by atoms with Crippen LogP contribution in [0.1, 0.15) is 18.4 Å². The van der Waals surface area contributed by atoms with Crippen molar-refractivity contribution in [3.05, 3.63) is 23.8 Å². The highest BCUT2D eigenvalue weighted by Crippen LogP contribution is 2.53. The van der Waals surface area contributed by atoms with Crippen LogP contribution in [0.3, 0.4) is 0 Å². The Bertz CT molecular complexity index is 407. The number of benzene rings is 1. The number of hydrogen-bond donors (Lipinski definition) is 2. The number of phenolic OH excluding ortho intramolecular Hbond substituents is 1. The molecule has 2 N–H and O–H groups in total. The van der Waals surface area contributed by atoms with Gasteiger partial charge in [0.1, 0.15) is 0 Å². The maximum atomic E-state index is 11.1. The molecule has 80 valence electrons. The summed E-state index contributed by atoms with van der Waals surface area (Å²) in [6, 6.07) is 4.82. The van der Waals surface area contributed by atoms with Gasteiger partial charge in [-0.2, -0.15) is 0 Å². The molecule has 0 radical (unpaired) electrons. The number of hydrogen-bond acceptors (Lipinski definition) is 3. The van der Waals surface area contributed by atoms with Gasteiger partial charge in [0.2, 0.25) is 0 Å². The van der Waals surface area contributed by atoms with E-state index < -0.39 is 11.4 Å². The van der Waals surface area contributed by atoms with Crippen LogP contribution < -0.4 is 4.74 Å². The number of methoxy groups -OCH3 is 1. The largest absolute Gasteiger partial charge is 0.504 e. The Hall–Kier alpha value is -1.71. The molecule has 1 aromatic carbocycles. The van der Waals surface area contributed by atoms with Gasteiger partial charge in [-0.15, -0.1) is 0 Å². The minimum absolute atomic E-state index is 0.0116. The second kappa shape index (κ2) is 3.15. The molecule has 0 atom stereocenters. The van der Waals surface area contributed by atoms with Crippen molar-refractivity contribution in [3.63, 3.8) is 0 Å². The zero-order valence-electron chi connectivity index (χ0n) is 8.36. The Morgan fingerprint density at radius 3 is 2.60 bits per heavy atom. The van der Waals surface area contributed by atoms with Crippen molar-refractivity contribution in [2.45, 2.75) is 18.3 Å². The molecule has 0 aromatic heterocycles. The number of aromatic hydroxyl groups is 1. The Morgan fingerprint density at radius 1 is 1.47 bits per heavy atom. The van der Waals surface area contributed by atoms with Crippen LogP contribution in [0, 0.1) is 0 Å². The van der Waals surface area contributed by atoms with Crippen LogP contribution in [0.4, 0.5) is 0 Å². The van der Waals surface area contributed by atoms with Crippen molar-refractivity contribution in [1.82, 2.24) is 0 Å². The van der Waals surface area contributed by atoms with Gasteiger partial charge in [-0.1, -0.05) is 12.1 Å². The zero-order valence-corrected chi connectivity index (χ0v) is 8.36. The second-order valence-electron chi connectivity index (χ2n) is 3.75. The summed E-state index contributed by atoms with van der Waals surface area (Å²) < 4.78 is 5.04. The summed E-state index contributed by atoms with van der Waals surface area (Å²) in [5.41, 5.74) is -0.276. The van der Waals surface area contributed by atoms with Crippen LogP contribution in [0.25, 0.3) is 0 Å². The Labute approximate surface area is 87.1 Å². The van der Waals surface area contributed by atoms with Crippen molar-refractivity contribution in [2.75, 3.05) is 7.11 Å². The number of ether oxygens (including phenoxy) is 1. The minimum atomic E-state index is -0.855. The number of carbonyl (C=O) groups is 1. The molecule has 15 heavy (non-hydrogen) atoms. The molecule has 4 heteroatoms. The topological polar surface area (TPSA) is 66.8 Å². The van der Waals surface area contributed by atoms with Crippen LogP contribution in [0.2, 0.25) is 0 Å². The molecule has 0 heterocycles. The third-order valence-corrected chi connectivity index (χ3v) is 2.87. The molecule has 0 bridgehead atoms. The maximum Gasteiger partial charge on any atom is 0.314 e. The minimum Gasteiger partial charge on any atom is -0.504 e. The Morgan fingerprint density at radius 2 is 2.13 bits per heavy atom. The Kier molecular flexibility index (Phi) is 2.07. The van der Waals surface area contributed by atoms with Crippen molar-refractivity contribution in [2.24, 2.45) is 0 Å². The predicted molar refractivity (Wildman–Crippen MR) is 53.2 cm³/mol. The summed E-state index contributed by atoms with van der Waals surface area (Å²) in [5.74, 6) is -0.591. The smallest absolute Gasteiger partial charge is 0.314 e. The van der Waals surface area contributed by atoms with Gasteiger partial charge in [0.15, 0.2) is 11.5 Å². The number of carboxylic acid groups (broad SMARTS) is 1. The zero-order chi connectivity index (χ0) is 11.1. The lowest BCUT2D eigenvalue weighted by atomic mass is 9.95. The molecule has 1 aromatic rings. The van der Waals surface area contributed by atoms with E-state index >= 15 is 0 Å². The van der Waals surface area contributed by atoms with Crippen molar-refractivity contribution < 1.29 is 19.7 Å².